The van der Waals surface area contributed by atoms with Crippen LogP contribution >= 0.6 is 11.6 Å². The molecule has 1 rings (SSSR count). The standard InChI is InChI=1S/C15H25ClO2Si/c1-3-11-17-19(14-16,18-12-4-2)13-10-15-8-6-5-7-9-15/h5-9H,3-4,10-14H2,1-2H3. The third kappa shape index (κ3) is 6.08. The van der Waals surface area contributed by atoms with E-state index in [1.165, 1.54) is 5.56 Å². The van der Waals surface area contributed by atoms with Crippen molar-refractivity contribution in [3.8, 4) is 0 Å². The van der Waals surface area contributed by atoms with Crippen molar-refractivity contribution >= 4 is 20.2 Å². The van der Waals surface area contributed by atoms with Gasteiger partial charge in [0.05, 0.1) is 5.50 Å². The number of aryl methyl sites for hydroxylation is 1. The largest absolute Gasteiger partial charge is 0.394 e. The van der Waals surface area contributed by atoms with Crippen molar-refractivity contribution in [2.24, 2.45) is 0 Å². The van der Waals surface area contributed by atoms with E-state index in [0.717, 1.165) is 38.5 Å². The Morgan fingerprint density at radius 2 is 1.58 bits per heavy atom. The number of alkyl halides is 1. The van der Waals surface area contributed by atoms with Crippen molar-refractivity contribution in [3.63, 3.8) is 0 Å². The Kier molecular flexibility index (Phi) is 8.38. The number of benzene rings is 1. The van der Waals surface area contributed by atoms with E-state index in [4.69, 9.17) is 20.5 Å². The molecule has 0 saturated carbocycles. The predicted molar refractivity (Wildman–Crippen MR) is 83.9 cm³/mol. The summed E-state index contributed by atoms with van der Waals surface area (Å²) in [5.74, 6) is 0. The second-order valence-electron chi connectivity index (χ2n) is 4.73. The zero-order chi connectivity index (χ0) is 14.0. The Morgan fingerprint density at radius 1 is 1.00 bits per heavy atom. The van der Waals surface area contributed by atoms with Gasteiger partial charge in [-0.1, -0.05) is 44.2 Å². The van der Waals surface area contributed by atoms with E-state index in [9.17, 15) is 0 Å². The normalized spacial score (nSPS) is 11.7. The first-order valence-electron chi connectivity index (χ1n) is 7.14. The quantitative estimate of drug-likeness (QED) is 0.474. The lowest BCUT2D eigenvalue weighted by Crippen LogP contribution is -2.45. The van der Waals surface area contributed by atoms with Gasteiger partial charge in [-0.05, 0) is 30.9 Å². The predicted octanol–water partition coefficient (Wildman–Crippen LogP) is 4.30. The molecule has 0 N–H and O–H groups in total. The molecule has 19 heavy (non-hydrogen) atoms. The molecule has 0 radical (unpaired) electrons. The zero-order valence-electron chi connectivity index (χ0n) is 12.0. The summed E-state index contributed by atoms with van der Waals surface area (Å²) >= 11 is 6.17. The van der Waals surface area contributed by atoms with Crippen LogP contribution in [0.5, 0.6) is 0 Å². The van der Waals surface area contributed by atoms with Gasteiger partial charge >= 0.3 is 8.56 Å². The Balaban J connectivity index is 2.60. The van der Waals surface area contributed by atoms with Gasteiger partial charge in [-0.2, -0.15) is 0 Å². The maximum atomic E-state index is 6.17. The van der Waals surface area contributed by atoms with E-state index < -0.39 is 8.56 Å². The summed E-state index contributed by atoms with van der Waals surface area (Å²) in [6.07, 6.45) is 2.99. The van der Waals surface area contributed by atoms with Crippen LogP contribution in [0.2, 0.25) is 6.04 Å². The summed E-state index contributed by atoms with van der Waals surface area (Å²) < 4.78 is 12.1. The molecule has 0 spiro atoms. The lowest BCUT2D eigenvalue weighted by molar-refractivity contribution is 0.172. The van der Waals surface area contributed by atoms with Gasteiger partial charge in [-0.15, -0.1) is 11.6 Å². The highest BCUT2D eigenvalue weighted by Crippen LogP contribution is 2.20. The SMILES string of the molecule is CCCO[Si](CCl)(CCc1ccccc1)OCCC. The number of hydrogen-bond acceptors (Lipinski definition) is 2. The summed E-state index contributed by atoms with van der Waals surface area (Å²) in [5, 5.41) is 0. The monoisotopic (exact) mass is 300 g/mol. The van der Waals surface area contributed by atoms with Gasteiger partial charge in [0.1, 0.15) is 0 Å². The Bertz CT molecular complexity index is 324. The second kappa shape index (κ2) is 9.53. The summed E-state index contributed by atoms with van der Waals surface area (Å²) in [6, 6.07) is 11.4. The molecule has 0 aliphatic carbocycles. The minimum absolute atomic E-state index is 0.514. The van der Waals surface area contributed by atoms with Crippen molar-refractivity contribution in [1.82, 2.24) is 0 Å². The van der Waals surface area contributed by atoms with E-state index in [1.54, 1.807) is 0 Å². The highest BCUT2D eigenvalue weighted by Gasteiger charge is 2.36. The summed E-state index contributed by atoms with van der Waals surface area (Å²) in [4.78, 5) is 0. The fraction of sp³-hybridized carbons (Fsp3) is 0.600. The van der Waals surface area contributed by atoms with Crippen LogP contribution in [0, 0.1) is 0 Å². The Labute approximate surface area is 123 Å². The van der Waals surface area contributed by atoms with Crippen LogP contribution in [0.1, 0.15) is 32.3 Å². The Hall–Kier alpha value is -0.353. The van der Waals surface area contributed by atoms with Gasteiger partial charge in [-0.3, -0.25) is 0 Å². The molecule has 108 valence electrons. The molecule has 2 nitrogen and oxygen atoms in total. The van der Waals surface area contributed by atoms with Crippen molar-refractivity contribution in [2.45, 2.75) is 39.2 Å². The van der Waals surface area contributed by atoms with E-state index in [2.05, 4.69) is 38.1 Å². The maximum Gasteiger partial charge on any atom is 0.353 e. The molecule has 0 bridgehead atoms. The van der Waals surface area contributed by atoms with Crippen molar-refractivity contribution in [2.75, 3.05) is 18.7 Å². The van der Waals surface area contributed by atoms with Crippen LogP contribution in [0.15, 0.2) is 30.3 Å². The van der Waals surface area contributed by atoms with E-state index in [0.29, 0.717) is 5.50 Å². The van der Waals surface area contributed by atoms with Crippen molar-refractivity contribution in [1.29, 1.82) is 0 Å². The van der Waals surface area contributed by atoms with E-state index in [1.807, 2.05) is 6.07 Å². The molecule has 0 saturated heterocycles. The Morgan fingerprint density at radius 3 is 2.05 bits per heavy atom. The van der Waals surface area contributed by atoms with E-state index >= 15 is 0 Å². The third-order valence-corrected chi connectivity index (χ3v) is 7.08. The molecule has 0 heterocycles. The lowest BCUT2D eigenvalue weighted by atomic mass is 10.2. The molecule has 0 atom stereocenters. The number of hydrogen-bond donors (Lipinski definition) is 0. The van der Waals surface area contributed by atoms with Crippen LogP contribution in [0.3, 0.4) is 0 Å². The first-order valence-corrected chi connectivity index (χ1v) is 9.90. The molecule has 0 aromatic heterocycles. The van der Waals surface area contributed by atoms with Gasteiger partial charge in [-0.25, -0.2) is 0 Å². The van der Waals surface area contributed by atoms with Gasteiger partial charge in [0.15, 0.2) is 0 Å². The van der Waals surface area contributed by atoms with E-state index in [-0.39, 0.29) is 0 Å². The topological polar surface area (TPSA) is 18.5 Å². The minimum Gasteiger partial charge on any atom is -0.394 e. The number of halogens is 1. The zero-order valence-corrected chi connectivity index (χ0v) is 13.8. The van der Waals surface area contributed by atoms with Crippen molar-refractivity contribution < 1.29 is 8.85 Å². The highest BCUT2D eigenvalue weighted by molar-refractivity contribution is 6.74. The number of rotatable bonds is 10. The smallest absolute Gasteiger partial charge is 0.353 e. The molecule has 0 amide bonds. The molecule has 1 aromatic carbocycles. The van der Waals surface area contributed by atoms with Crippen LogP contribution in [-0.4, -0.2) is 27.3 Å². The fourth-order valence-corrected chi connectivity index (χ4v) is 5.23. The highest BCUT2D eigenvalue weighted by atomic mass is 35.5. The molecular formula is C15H25ClO2Si. The molecule has 0 unspecified atom stereocenters. The van der Waals surface area contributed by atoms with Gasteiger partial charge in [0, 0.05) is 13.2 Å². The second-order valence-corrected chi connectivity index (χ2v) is 8.69. The van der Waals surface area contributed by atoms with Crippen LogP contribution < -0.4 is 0 Å². The molecule has 0 fully saturated rings. The molecular weight excluding hydrogens is 276 g/mol. The first-order chi connectivity index (χ1) is 9.26. The minimum atomic E-state index is -2.23. The van der Waals surface area contributed by atoms with Gasteiger partial charge in [0.25, 0.3) is 0 Å². The molecule has 0 aliphatic heterocycles. The molecule has 4 heteroatoms. The molecule has 0 aliphatic rings. The third-order valence-electron chi connectivity index (χ3n) is 2.98. The maximum absolute atomic E-state index is 6.17. The van der Waals surface area contributed by atoms with Crippen molar-refractivity contribution in [3.05, 3.63) is 35.9 Å². The summed E-state index contributed by atoms with van der Waals surface area (Å²) in [7, 11) is -2.23. The first kappa shape index (κ1) is 16.7. The summed E-state index contributed by atoms with van der Waals surface area (Å²) in [6.45, 7) is 5.73. The van der Waals surface area contributed by atoms with Gasteiger partial charge in [0.2, 0.25) is 0 Å². The summed E-state index contributed by atoms with van der Waals surface area (Å²) in [5.41, 5.74) is 1.84. The fourth-order valence-electron chi connectivity index (χ4n) is 1.89. The average Bonchev–Trinajstić information content (AvgIpc) is 2.48. The molecule has 1 aromatic rings. The van der Waals surface area contributed by atoms with Crippen LogP contribution in [-0.2, 0) is 15.3 Å². The van der Waals surface area contributed by atoms with Crippen LogP contribution in [0.25, 0.3) is 0 Å². The lowest BCUT2D eigenvalue weighted by Gasteiger charge is -2.29. The average molecular weight is 301 g/mol. The van der Waals surface area contributed by atoms with Gasteiger partial charge < -0.3 is 8.85 Å². The van der Waals surface area contributed by atoms with Crippen LogP contribution in [0.4, 0.5) is 0 Å².